The Balaban J connectivity index is 2.12. The second-order valence-corrected chi connectivity index (χ2v) is 6.41. The minimum Gasteiger partial charge on any atom is -0.444 e. The van der Waals surface area contributed by atoms with Gasteiger partial charge in [0.05, 0.1) is 0 Å². The molecule has 1 unspecified atom stereocenters. The van der Waals surface area contributed by atoms with Crippen molar-refractivity contribution in [3.8, 4) is 0 Å². The van der Waals surface area contributed by atoms with E-state index < -0.39 is 11.7 Å². The van der Waals surface area contributed by atoms with E-state index in [4.69, 9.17) is 4.74 Å². The van der Waals surface area contributed by atoms with Crippen LogP contribution in [-0.2, 0) is 9.53 Å². The molecule has 1 saturated heterocycles. The first-order chi connectivity index (χ1) is 9.74. The molecule has 1 aliphatic heterocycles. The Kier molecular flexibility index (Phi) is 4.21. The number of hydrogen-bond donors (Lipinski definition) is 2. The van der Waals surface area contributed by atoms with E-state index in [0.717, 1.165) is 16.8 Å². The summed E-state index contributed by atoms with van der Waals surface area (Å²) in [4.78, 5) is 23.2. The number of aryl methyl sites for hydroxylation is 1. The summed E-state index contributed by atoms with van der Waals surface area (Å²) in [5.74, 6) is 0.236. The molecule has 114 valence electrons. The first-order valence-electron chi connectivity index (χ1n) is 7.12. The molecular formula is C16H22N2O3. The lowest BCUT2D eigenvalue weighted by Crippen LogP contribution is -2.27. The maximum Gasteiger partial charge on any atom is 0.412 e. The zero-order chi connectivity index (χ0) is 15.6. The van der Waals surface area contributed by atoms with Gasteiger partial charge in [-0.2, -0.15) is 0 Å². The average Bonchev–Trinajstić information content (AvgIpc) is 2.76. The SMILES string of the molecule is Cc1ccc(C2CNC(=O)C2)cc1NC(=O)OC(C)(C)C. The van der Waals surface area contributed by atoms with Crippen LogP contribution in [0, 0.1) is 6.92 Å². The van der Waals surface area contributed by atoms with Crippen LogP contribution in [-0.4, -0.2) is 24.1 Å². The van der Waals surface area contributed by atoms with Gasteiger partial charge < -0.3 is 10.1 Å². The molecule has 0 aliphatic carbocycles. The van der Waals surface area contributed by atoms with Gasteiger partial charge in [-0.1, -0.05) is 12.1 Å². The fourth-order valence-electron chi connectivity index (χ4n) is 2.28. The van der Waals surface area contributed by atoms with Crippen LogP contribution in [0.3, 0.4) is 0 Å². The van der Waals surface area contributed by atoms with E-state index in [1.54, 1.807) is 0 Å². The fourth-order valence-corrected chi connectivity index (χ4v) is 2.28. The number of amides is 2. The van der Waals surface area contributed by atoms with Gasteiger partial charge in [-0.15, -0.1) is 0 Å². The zero-order valence-electron chi connectivity index (χ0n) is 12.9. The molecule has 1 atom stereocenters. The molecular weight excluding hydrogens is 268 g/mol. The molecule has 5 heteroatoms. The third-order valence-corrected chi connectivity index (χ3v) is 3.35. The average molecular weight is 290 g/mol. The topological polar surface area (TPSA) is 67.4 Å². The number of anilines is 1. The molecule has 0 aromatic heterocycles. The van der Waals surface area contributed by atoms with Gasteiger partial charge in [0.25, 0.3) is 0 Å². The maximum atomic E-state index is 11.9. The van der Waals surface area contributed by atoms with E-state index in [1.807, 2.05) is 45.9 Å². The number of carbonyl (C=O) groups excluding carboxylic acids is 2. The number of ether oxygens (including phenoxy) is 1. The summed E-state index contributed by atoms with van der Waals surface area (Å²) in [6, 6.07) is 5.87. The van der Waals surface area contributed by atoms with Crippen LogP contribution in [0.15, 0.2) is 18.2 Å². The molecule has 0 spiro atoms. The van der Waals surface area contributed by atoms with Crippen molar-refractivity contribution in [1.82, 2.24) is 5.32 Å². The predicted molar refractivity (Wildman–Crippen MR) is 81.4 cm³/mol. The lowest BCUT2D eigenvalue weighted by Gasteiger charge is -2.20. The summed E-state index contributed by atoms with van der Waals surface area (Å²) in [5, 5.41) is 5.60. The largest absolute Gasteiger partial charge is 0.444 e. The molecule has 21 heavy (non-hydrogen) atoms. The van der Waals surface area contributed by atoms with E-state index in [-0.39, 0.29) is 11.8 Å². The first-order valence-corrected chi connectivity index (χ1v) is 7.12. The molecule has 0 saturated carbocycles. The summed E-state index contributed by atoms with van der Waals surface area (Å²) < 4.78 is 5.26. The third-order valence-electron chi connectivity index (χ3n) is 3.35. The van der Waals surface area contributed by atoms with E-state index in [2.05, 4.69) is 10.6 Å². The Morgan fingerprint density at radius 3 is 2.67 bits per heavy atom. The van der Waals surface area contributed by atoms with Crippen LogP contribution in [0.25, 0.3) is 0 Å². The van der Waals surface area contributed by atoms with Gasteiger partial charge in [-0.25, -0.2) is 4.79 Å². The monoisotopic (exact) mass is 290 g/mol. The second kappa shape index (κ2) is 5.76. The van der Waals surface area contributed by atoms with Crippen molar-refractivity contribution in [2.45, 2.75) is 45.6 Å². The van der Waals surface area contributed by atoms with Gasteiger partial charge >= 0.3 is 6.09 Å². The molecule has 1 fully saturated rings. The molecule has 0 radical (unpaired) electrons. The van der Waals surface area contributed by atoms with E-state index in [1.165, 1.54) is 0 Å². The Labute approximate surface area is 125 Å². The summed E-state index contributed by atoms with van der Waals surface area (Å²) in [6.45, 7) is 8.05. The molecule has 1 heterocycles. The smallest absolute Gasteiger partial charge is 0.412 e. The molecule has 2 rings (SSSR count). The zero-order valence-corrected chi connectivity index (χ0v) is 12.9. The van der Waals surface area contributed by atoms with Crippen molar-refractivity contribution < 1.29 is 14.3 Å². The summed E-state index contributed by atoms with van der Waals surface area (Å²) in [5.41, 5.74) is 2.20. The summed E-state index contributed by atoms with van der Waals surface area (Å²) >= 11 is 0. The first kappa shape index (κ1) is 15.4. The van der Waals surface area contributed by atoms with Gasteiger partial charge in [-0.3, -0.25) is 10.1 Å². The minimum atomic E-state index is -0.530. The lowest BCUT2D eigenvalue weighted by molar-refractivity contribution is -0.119. The van der Waals surface area contributed by atoms with Crippen LogP contribution in [0.5, 0.6) is 0 Å². The highest BCUT2D eigenvalue weighted by Gasteiger charge is 2.24. The Hall–Kier alpha value is -2.04. The van der Waals surface area contributed by atoms with Crippen molar-refractivity contribution in [2.24, 2.45) is 0 Å². The highest BCUT2D eigenvalue weighted by atomic mass is 16.6. The quantitative estimate of drug-likeness (QED) is 0.880. The predicted octanol–water partition coefficient (Wildman–Crippen LogP) is 2.95. The van der Waals surface area contributed by atoms with Crippen LogP contribution in [0.4, 0.5) is 10.5 Å². The van der Waals surface area contributed by atoms with Gasteiger partial charge in [0.1, 0.15) is 5.60 Å². The maximum absolute atomic E-state index is 11.9. The van der Waals surface area contributed by atoms with Crippen molar-refractivity contribution in [1.29, 1.82) is 0 Å². The number of carbonyl (C=O) groups is 2. The Morgan fingerprint density at radius 1 is 1.38 bits per heavy atom. The Morgan fingerprint density at radius 2 is 2.10 bits per heavy atom. The molecule has 2 amide bonds. The van der Waals surface area contributed by atoms with Crippen LogP contribution in [0.2, 0.25) is 0 Å². The fraction of sp³-hybridized carbons (Fsp3) is 0.500. The van der Waals surface area contributed by atoms with Crippen molar-refractivity contribution in [2.75, 3.05) is 11.9 Å². The highest BCUT2D eigenvalue weighted by Crippen LogP contribution is 2.27. The van der Waals surface area contributed by atoms with Crippen molar-refractivity contribution >= 4 is 17.7 Å². The number of benzene rings is 1. The minimum absolute atomic E-state index is 0.0715. The molecule has 1 aromatic carbocycles. The Bertz CT molecular complexity index is 561. The molecule has 1 aromatic rings. The van der Waals surface area contributed by atoms with Crippen LogP contribution < -0.4 is 10.6 Å². The highest BCUT2D eigenvalue weighted by molar-refractivity contribution is 5.86. The van der Waals surface area contributed by atoms with Crippen molar-refractivity contribution in [3.05, 3.63) is 29.3 Å². The van der Waals surface area contributed by atoms with Gasteiger partial charge in [0.2, 0.25) is 5.91 Å². The normalized spacial score (nSPS) is 18.3. The van der Waals surface area contributed by atoms with E-state index in [0.29, 0.717) is 13.0 Å². The molecule has 1 aliphatic rings. The molecule has 2 N–H and O–H groups in total. The number of hydrogen-bond acceptors (Lipinski definition) is 3. The number of nitrogens with one attached hydrogen (secondary N) is 2. The van der Waals surface area contributed by atoms with E-state index in [9.17, 15) is 9.59 Å². The molecule has 5 nitrogen and oxygen atoms in total. The second-order valence-electron chi connectivity index (χ2n) is 6.41. The number of rotatable bonds is 2. The van der Waals surface area contributed by atoms with Gasteiger partial charge in [0, 0.05) is 24.6 Å². The van der Waals surface area contributed by atoms with Gasteiger partial charge in [-0.05, 0) is 44.9 Å². The summed E-state index contributed by atoms with van der Waals surface area (Å²) in [7, 11) is 0. The van der Waals surface area contributed by atoms with Gasteiger partial charge in [0.15, 0.2) is 0 Å². The lowest BCUT2D eigenvalue weighted by atomic mass is 9.96. The summed E-state index contributed by atoms with van der Waals surface area (Å²) in [6.07, 6.45) is 0.0259. The standard InChI is InChI=1S/C16H22N2O3/c1-10-5-6-11(12-8-14(19)17-9-12)7-13(10)18-15(20)21-16(2,3)4/h5-7,12H,8-9H2,1-4H3,(H,17,19)(H,18,20). The third kappa shape index (κ3) is 4.21. The van der Waals surface area contributed by atoms with Crippen molar-refractivity contribution in [3.63, 3.8) is 0 Å². The molecule has 0 bridgehead atoms. The van der Waals surface area contributed by atoms with Crippen LogP contribution in [0.1, 0.15) is 44.2 Å². The van der Waals surface area contributed by atoms with E-state index >= 15 is 0 Å². The van der Waals surface area contributed by atoms with Crippen LogP contribution >= 0.6 is 0 Å².